The van der Waals surface area contributed by atoms with Gasteiger partial charge in [-0.1, -0.05) is 0 Å². The van der Waals surface area contributed by atoms with Crippen molar-refractivity contribution in [2.45, 2.75) is 51.2 Å². The molecular formula is C20H29N5O4. The molecule has 0 spiro atoms. The molecule has 2 aliphatic rings. The highest BCUT2D eigenvalue weighted by atomic mass is 16.6. The molecule has 9 nitrogen and oxygen atoms in total. The van der Waals surface area contributed by atoms with Crippen molar-refractivity contribution in [3.63, 3.8) is 0 Å². The molecule has 0 aromatic carbocycles. The van der Waals surface area contributed by atoms with Crippen molar-refractivity contribution < 1.29 is 19.1 Å². The summed E-state index contributed by atoms with van der Waals surface area (Å²) in [6, 6.07) is 3.83. The Balaban J connectivity index is 1.29. The van der Waals surface area contributed by atoms with Gasteiger partial charge in [0.15, 0.2) is 5.60 Å². The zero-order valence-corrected chi connectivity index (χ0v) is 17.0. The molecule has 2 fully saturated rings. The minimum absolute atomic E-state index is 0.0887. The van der Waals surface area contributed by atoms with Crippen LogP contribution in [-0.2, 0) is 9.53 Å². The van der Waals surface area contributed by atoms with Crippen molar-refractivity contribution in [3.8, 4) is 0 Å². The third kappa shape index (κ3) is 5.66. The molecule has 0 bridgehead atoms. The zero-order valence-electron chi connectivity index (χ0n) is 17.0. The van der Waals surface area contributed by atoms with Crippen molar-refractivity contribution >= 4 is 23.7 Å². The van der Waals surface area contributed by atoms with Gasteiger partial charge in [0.25, 0.3) is 11.8 Å². The van der Waals surface area contributed by atoms with Crippen LogP contribution in [-0.4, -0.2) is 65.6 Å². The maximum absolute atomic E-state index is 12.3. The number of rotatable bonds is 11. The predicted molar refractivity (Wildman–Crippen MR) is 108 cm³/mol. The van der Waals surface area contributed by atoms with E-state index in [1.165, 1.54) is 4.90 Å². The molecular weight excluding hydrogens is 374 g/mol. The Kier molecular flexibility index (Phi) is 6.68. The molecule has 9 heteroatoms. The molecule has 0 unspecified atom stereocenters. The number of ether oxygens (including phenoxy) is 1. The number of nitrogens with zero attached hydrogens (tertiary/aromatic N) is 2. The molecule has 1 saturated heterocycles. The molecule has 0 atom stereocenters. The predicted octanol–water partition coefficient (Wildman–Crippen LogP) is 1.51. The summed E-state index contributed by atoms with van der Waals surface area (Å²) in [5, 5.41) is 9.47. The number of imide groups is 1. The Morgan fingerprint density at radius 2 is 2.03 bits per heavy atom. The van der Waals surface area contributed by atoms with E-state index >= 15 is 0 Å². The first-order valence-electron chi connectivity index (χ1n) is 10.1. The van der Waals surface area contributed by atoms with Crippen LogP contribution in [0.4, 0.5) is 10.6 Å². The quantitative estimate of drug-likeness (QED) is 0.480. The summed E-state index contributed by atoms with van der Waals surface area (Å²) in [6.07, 6.45) is 4.73. The number of nitrogens with one attached hydrogen (secondary N) is 3. The van der Waals surface area contributed by atoms with E-state index in [1.54, 1.807) is 32.2 Å². The number of anilines is 1. The van der Waals surface area contributed by atoms with Crippen molar-refractivity contribution in [3.05, 3.63) is 23.9 Å². The summed E-state index contributed by atoms with van der Waals surface area (Å²) < 4.78 is 5.06. The molecule has 3 amide bonds. The highest BCUT2D eigenvalue weighted by molar-refractivity contribution is 6.02. The number of aromatic nitrogens is 1. The first-order chi connectivity index (χ1) is 13.9. The first-order valence-corrected chi connectivity index (χ1v) is 10.1. The minimum Gasteiger partial charge on any atom is -0.433 e. The van der Waals surface area contributed by atoms with Gasteiger partial charge in [-0.05, 0) is 58.2 Å². The fourth-order valence-corrected chi connectivity index (χ4v) is 3.05. The first kappa shape index (κ1) is 21.0. The van der Waals surface area contributed by atoms with E-state index in [0.29, 0.717) is 43.5 Å². The number of amides is 3. The largest absolute Gasteiger partial charge is 0.433 e. The number of carbonyl (C=O) groups excluding carboxylic acids is 3. The van der Waals surface area contributed by atoms with E-state index in [0.717, 1.165) is 25.8 Å². The highest BCUT2D eigenvalue weighted by Gasteiger charge is 2.46. The lowest BCUT2D eigenvalue weighted by Crippen LogP contribution is -2.37. The van der Waals surface area contributed by atoms with Crippen LogP contribution in [0.15, 0.2) is 18.3 Å². The highest BCUT2D eigenvalue weighted by Crippen LogP contribution is 2.23. The van der Waals surface area contributed by atoms with E-state index in [-0.39, 0.29) is 11.8 Å². The lowest BCUT2D eigenvalue weighted by Gasteiger charge is -2.14. The van der Waals surface area contributed by atoms with Gasteiger partial charge in [0.1, 0.15) is 5.82 Å². The number of hydrogen-bond acceptors (Lipinski definition) is 7. The smallest absolute Gasteiger partial charge is 0.417 e. The molecule has 1 aliphatic carbocycles. The van der Waals surface area contributed by atoms with Gasteiger partial charge in [-0.25, -0.2) is 14.7 Å². The Hall–Kier alpha value is -2.68. The summed E-state index contributed by atoms with van der Waals surface area (Å²) >= 11 is 0. The van der Waals surface area contributed by atoms with Crippen LogP contribution in [0, 0.1) is 0 Å². The second kappa shape index (κ2) is 9.21. The topological polar surface area (TPSA) is 113 Å². The zero-order chi connectivity index (χ0) is 20.9. The molecule has 3 rings (SSSR count). The molecule has 1 saturated carbocycles. The molecule has 1 aliphatic heterocycles. The molecule has 1 aromatic heterocycles. The number of unbranched alkanes of at least 4 members (excludes halogenated alkanes) is 1. The average Bonchev–Trinajstić information content (AvgIpc) is 3.46. The van der Waals surface area contributed by atoms with Crippen LogP contribution in [0.2, 0.25) is 0 Å². The van der Waals surface area contributed by atoms with Gasteiger partial charge in [-0.15, -0.1) is 0 Å². The van der Waals surface area contributed by atoms with Gasteiger partial charge in [-0.3, -0.25) is 9.59 Å². The summed E-state index contributed by atoms with van der Waals surface area (Å²) in [6.45, 7) is 5.67. The monoisotopic (exact) mass is 403 g/mol. The maximum atomic E-state index is 12.3. The Bertz CT molecular complexity index is 763. The van der Waals surface area contributed by atoms with E-state index in [2.05, 4.69) is 20.9 Å². The third-order valence-electron chi connectivity index (χ3n) is 4.87. The van der Waals surface area contributed by atoms with Crippen LogP contribution in [0.3, 0.4) is 0 Å². The molecule has 1 aromatic rings. The molecule has 0 radical (unpaired) electrons. The van der Waals surface area contributed by atoms with E-state index in [1.807, 2.05) is 0 Å². The maximum Gasteiger partial charge on any atom is 0.417 e. The van der Waals surface area contributed by atoms with Gasteiger partial charge < -0.3 is 20.7 Å². The van der Waals surface area contributed by atoms with Crippen molar-refractivity contribution in [2.24, 2.45) is 0 Å². The van der Waals surface area contributed by atoms with Gasteiger partial charge in [0.05, 0.1) is 5.56 Å². The molecule has 3 N–H and O–H groups in total. The normalized spacial score (nSPS) is 17.9. The molecule has 2 heterocycles. The molecule has 158 valence electrons. The van der Waals surface area contributed by atoms with Crippen molar-refractivity contribution in [1.29, 1.82) is 0 Å². The average molecular weight is 403 g/mol. The standard InChI is InChI=1S/C20H29N5O4/c1-20(2)18(27)25(19(28)29-20)13-4-3-9-21-11-12-23-16-15(6-5-10-22-16)17(26)24-14-7-8-14/h5-6,10,14,21H,3-4,7-9,11-13H2,1-2H3,(H,22,23)(H,24,26). The van der Waals surface area contributed by atoms with Gasteiger partial charge in [0, 0.05) is 31.9 Å². The van der Waals surface area contributed by atoms with Gasteiger partial charge >= 0.3 is 6.09 Å². The lowest BCUT2D eigenvalue weighted by atomic mass is 10.1. The number of pyridine rings is 1. The van der Waals surface area contributed by atoms with Crippen molar-refractivity contribution in [1.82, 2.24) is 20.5 Å². The van der Waals surface area contributed by atoms with E-state index in [4.69, 9.17) is 4.74 Å². The SMILES string of the molecule is CC1(C)OC(=O)N(CCCCNCCNc2ncccc2C(=O)NC2CC2)C1=O. The second-order valence-corrected chi connectivity index (χ2v) is 7.87. The number of cyclic esters (lactones) is 1. The number of carbonyl (C=O) groups is 3. The minimum atomic E-state index is -1.05. The Morgan fingerprint density at radius 3 is 2.72 bits per heavy atom. The molecule has 29 heavy (non-hydrogen) atoms. The fraction of sp³-hybridized carbons (Fsp3) is 0.600. The van der Waals surface area contributed by atoms with Crippen LogP contribution in [0.1, 0.15) is 49.9 Å². The summed E-state index contributed by atoms with van der Waals surface area (Å²) in [4.78, 5) is 41.4. The summed E-state index contributed by atoms with van der Waals surface area (Å²) in [5.41, 5.74) is -0.495. The summed E-state index contributed by atoms with van der Waals surface area (Å²) in [7, 11) is 0. The van der Waals surface area contributed by atoms with Crippen LogP contribution in [0.25, 0.3) is 0 Å². The van der Waals surface area contributed by atoms with Crippen molar-refractivity contribution in [2.75, 3.05) is 31.5 Å². The Morgan fingerprint density at radius 1 is 1.24 bits per heavy atom. The van der Waals surface area contributed by atoms with Crippen LogP contribution >= 0.6 is 0 Å². The lowest BCUT2D eigenvalue weighted by molar-refractivity contribution is -0.134. The van der Waals surface area contributed by atoms with Crippen LogP contribution in [0.5, 0.6) is 0 Å². The number of hydrogen-bond donors (Lipinski definition) is 3. The van der Waals surface area contributed by atoms with E-state index < -0.39 is 11.7 Å². The third-order valence-corrected chi connectivity index (χ3v) is 4.87. The second-order valence-electron chi connectivity index (χ2n) is 7.87. The Labute approximate surface area is 170 Å². The van der Waals surface area contributed by atoms with Gasteiger partial charge in [-0.2, -0.15) is 0 Å². The van der Waals surface area contributed by atoms with E-state index in [9.17, 15) is 14.4 Å². The summed E-state index contributed by atoms with van der Waals surface area (Å²) in [5.74, 6) is 0.215. The fourth-order valence-electron chi connectivity index (χ4n) is 3.05. The van der Waals surface area contributed by atoms with Crippen LogP contribution < -0.4 is 16.0 Å². The van der Waals surface area contributed by atoms with Gasteiger partial charge in [0.2, 0.25) is 0 Å².